The quantitative estimate of drug-likeness (QED) is 0.454. The fraction of sp³-hybridized carbons (Fsp3) is 0.929. The van der Waals surface area contributed by atoms with Gasteiger partial charge in [0.05, 0.1) is 0 Å². The molecule has 0 aliphatic carbocycles. The summed E-state index contributed by atoms with van der Waals surface area (Å²) in [6.07, 6.45) is 7.77. The van der Waals surface area contributed by atoms with Crippen molar-refractivity contribution in [2.24, 2.45) is 16.6 Å². The molecule has 2 saturated heterocycles. The topological polar surface area (TPSA) is 44.9 Å². The van der Waals surface area contributed by atoms with Gasteiger partial charge >= 0.3 is 0 Å². The lowest BCUT2D eigenvalue weighted by Gasteiger charge is -2.28. The lowest BCUT2D eigenvalue weighted by molar-refractivity contribution is 0.223. The third-order valence-corrected chi connectivity index (χ3v) is 4.28. The zero-order valence-electron chi connectivity index (χ0n) is 12.2. The van der Waals surface area contributed by atoms with Crippen molar-refractivity contribution in [3.63, 3.8) is 0 Å². The maximum absolute atomic E-state index is 6.13. The van der Waals surface area contributed by atoms with Crippen LogP contribution in [0.25, 0.3) is 0 Å². The van der Waals surface area contributed by atoms with E-state index >= 15 is 0 Å². The van der Waals surface area contributed by atoms with Crippen molar-refractivity contribution in [1.82, 2.24) is 9.80 Å². The van der Waals surface area contributed by atoms with Gasteiger partial charge in [0.25, 0.3) is 0 Å². The van der Waals surface area contributed by atoms with E-state index in [1.165, 1.54) is 51.6 Å². The van der Waals surface area contributed by atoms with Crippen LogP contribution in [0.5, 0.6) is 0 Å². The smallest absolute Gasteiger partial charge is 0.191 e. The molecule has 2 N–H and O–H groups in total. The summed E-state index contributed by atoms with van der Waals surface area (Å²) in [5.74, 6) is 1.53. The van der Waals surface area contributed by atoms with Crippen LogP contribution < -0.4 is 5.73 Å². The van der Waals surface area contributed by atoms with Gasteiger partial charge in [0.2, 0.25) is 0 Å². The molecule has 5 heteroatoms. The van der Waals surface area contributed by atoms with Crippen LogP contribution in [0.4, 0.5) is 0 Å². The van der Waals surface area contributed by atoms with Crippen LogP contribution in [0.3, 0.4) is 0 Å². The van der Waals surface area contributed by atoms with E-state index in [-0.39, 0.29) is 24.0 Å². The summed E-state index contributed by atoms with van der Waals surface area (Å²) in [5, 5.41) is 0. The van der Waals surface area contributed by atoms with Crippen molar-refractivity contribution in [1.29, 1.82) is 0 Å². The highest BCUT2D eigenvalue weighted by Crippen LogP contribution is 2.16. The highest BCUT2D eigenvalue weighted by molar-refractivity contribution is 14.0. The normalized spacial score (nSPS) is 23.8. The van der Waals surface area contributed by atoms with Crippen molar-refractivity contribution in [2.45, 2.75) is 38.5 Å². The van der Waals surface area contributed by atoms with Gasteiger partial charge in [-0.1, -0.05) is 12.8 Å². The van der Waals surface area contributed by atoms with Crippen molar-refractivity contribution in [3.8, 4) is 0 Å². The van der Waals surface area contributed by atoms with Crippen LogP contribution in [0.15, 0.2) is 4.99 Å². The summed E-state index contributed by atoms with van der Waals surface area (Å²) in [7, 11) is 2.20. The monoisotopic (exact) mass is 380 g/mol. The number of hydrogen-bond acceptors (Lipinski definition) is 2. The first kappa shape index (κ1) is 17.0. The predicted molar refractivity (Wildman–Crippen MR) is 92.2 cm³/mol. The Balaban J connectivity index is 0.00000180. The van der Waals surface area contributed by atoms with Crippen LogP contribution in [-0.2, 0) is 0 Å². The van der Waals surface area contributed by atoms with E-state index in [0.29, 0.717) is 0 Å². The lowest BCUT2D eigenvalue weighted by Crippen LogP contribution is -2.39. The van der Waals surface area contributed by atoms with Crippen molar-refractivity contribution < 1.29 is 0 Å². The summed E-state index contributed by atoms with van der Waals surface area (Å²) in [6, 6.07) is 0. The molecular weight excluding hydrogens is 351 g/mol. The minimum absolute atomic E-state index is 0. The SMILES string of the molecule is CN1CCC(CN=C(N)N2CCCCCC2)CC1.I. The van der Waals surface area contributed by atoms with E-state index in [1.54, 1.807) is 0 Å². The van der Waals surface area contributed by atoms with Gasteiger partial charge in [0.1, 0.15) is 0 Å². The highest BCUT2D eigenvalue weighted by Gasteiger charge is 2.17. The number of hydrogen-bond donors (Lipinski definition) is 1. The van der Waals surface area contributed by atoms with Gasteiger partial charge < -0.3 is 15.5 Å². The Hall–Kier alpha value is -0.0400. The molecule has 0 unspecified atom stereocenters. The molecule has 19 heavy (non-hydrogen) atoms. The van der Waals surface area contributed by atoms with E-state index in [2.05, 4.69) is 21.8 Å². The molecule has 0 atom stereocenters. The zero-order chi connectivity index (χ0) is 12.8. The molecule has 112 valence electrons. The maximum atomic E-state index is 6.13. The van der Waals surface area contributed by atoms with E-state index in [0.717, 1.165) is 31.5 Å². The molecule has 0 radical (unpaired) electrons. The van der Waals surface area contributed by atoms with E-state index in [4.69, 9.17) is 5.73 Å². The van der Waals surface area contributed by atoms with Gasteiger partial charge in [-0.05, 0) is 51.7 Å². The molecule has 0 bridgehead atoms. The number of piperidine rings is 1. The Morgan fingerprint density at radius 2 is 1.63 bits per heavy atom. The van der Waals surface area contributed by atoms with Crippen LogP contribution in [0, 0.1) is 5.92 Å². The van der Waals surface area contributed by atoms with Crippen LogP contribution in [0.2, 0.25) is 0 Å². The molecule has 0 aromatic heterocycles. The molecule has 0 saturated carbocycles. The van der Waals surface area contributed by atoms with Gasteiger partial charge in [-0.25, -0.2) is 0 Å². The molecule has 0 amide bonds. The number of likely N-dealkylation sites (tertiary alicyclic amines) is 2. The minimum Gasteiger partial charge on any atom is -0.370 e. The van der Waals surface area contributed by atoms with Gasteiger partial charge in [0.15, 0.2) is 5.96 Å². The van der Waals surface area contributed by atoms with E-state index < -0.39 is 0 Å². The molecule has 2 heterocycles. The standard InChI is InChI=1S/C14H28N4.HI/c1-17-10-6-13(7-11-17)12-16-14(15)18-8-4-2-3-5-9-18;/h13H,2-12H2,1H3,(H2,15,16);1H. The number of nitrogens with two attached hydrogens (primary N) is 1. The van der Waals surface area contributed by atoms with Gasteiger partial charge in [-0.3, -0.25) is 4.99 Å². The highest BCUT2D eigenvalue weighted by atomic mass is 127. The molecule has 0 aromatic carbocycles. The summed E-state index contributed by atoms with van der Waals surface area (Å²) >= 11 is 0. The molecule has 2 fully saturated rings. The fourth-order valence-corrected chi connectivity index (χ4v) is 2.87. The Kier molecular flexibility index (Phi) is 8.06. The van der Waals surface area contributed by atoms with E-state index in [1.807, 2.05) is 0 Å². The Labute approximate surface area is 134 Å². The van der Waals surface area contributed by atoms with Gasteiger partial charge in [-0.15, -0.1) is 24.0 Å². The van der Waals surface area contributed by atoms with Crippen LogP contribution in [-0.4, -0.2) is 55.5 Å². The number of nitrogens with zero attached hydrogens (tertiary/aromatic N) is 3. The van der Waals surface area contributed by atoms with Crippen molar-refractivity contribution in [2.75, 3.05) is 39.8 Å². The number of halogens is 1. The average Bonchev–Trinajstić information content (AvgIpc) is 2.66. The van der Waals surface area contributed by atoms with Gasteiger partial charge in [0, 0.05) is 19.6 Å². The first-order valence-corrected chi connectivity index (χ1v) is 7.49. The average molecular weight is 380 g/mol. The summed E-state index contributed by atoms with van der Waals surface area (Å²) < 4.78 is 0. The zero-order valence-corrected chi connectivity index (χ0v) is 14.5. The fourth-order valence-electron chi connectivity index (χ4n) is 2.87. The number of aliphatic imine (C=N–C) groups is 1. The summed E-state index contributed by atoms with van der Waals surface area (Å²) in [6.45, 7) is 5.55. The van der Waals surface area contributed by atoms with E-state index in [9.17, 15) is 0 Å². The summed E-state index contributed by atoms with van der Waals surface area (Å²) in [5.41, 5.74) is 6.13. The first-order valence-electron chi connectivity index (χ1n) is 7.49. The molecule has 2 aliphatic heterocycles. The lowest BCUT2D eigenvalue weighted by atomic mass is 9.97. The molecule has 0 spiro atoms. The Morgan fingerprint density at radius 1 is 1.05 bits per heavy atom. The van der Waals surface area contributed by atoms with Crippen molar-refractivity contribution >= 4 is 29.9 Å². The second-order valence-electron chi connectivity index (χ2n) is 5.85. The maximum Gasteiger partial charge on any atom is 0.191 e. The third kappa shape index (κ3) is 5.85. The van der Waals surface area contributed by atoms with Crippen LogP contribution in [0.1, 0.15) is 38.5 Å². The Bertz CT molecular complexity index is 267. The number of guanidine groups is 1. The van der Waals surface area contributed by atoms with Crippen LogP contribution >= 0.6 is 24.0 Å². The molecular formula is C14H29IN4. The first-order chi connectivity index (χ1) is 8.75. The third-order valence-electron chi connectivity index (χ3n) is 4.28. The molecule has 2 aliphatic rings. The van der Waals surface area contributed by atoms with Crippen molar-refractivity contribution in [3.05, 3.63) is 0 Å². The molecule has 4 nitrogen and oxygen atoms in total. The largest absolute Gasteiger partial charge is 0.370 e. The minimum atomic E-state index is 0. The number of rotatable bonds is 2. The molecule has 2 rings (SSSR count). The predicted octanol–water partition coefficient (Wildman–Crippen LogP) is 2.14. The second kappa shape index (κ2) is 9.00. The molecule has 0 aromatic rings. The Morgan fingerprint density at radius 3 is 2.21 bits per heavy atom. The van der Waals surface area contributed by atoms with Gasteiger partial charge in [-0.2, -0.15) is 0 Å². The summed E-state index contributed by atoms with van der Waals surface area (Å²) in [4.78, 5) is 9.32. The second-order valence-corrected chi connectivity index (χ2v) is 5.85.